The summed E-state index contributed by atoms with van der Waals surface area (Å²) in [5, 5.41) is 9.92. The van der Waals surface area contributed by atoms with Gasteiger partial charge in [0, 0.05) is 28.0 Å². The van der Waals surface area contributed by atoms with Crippen molar-refractivity contribution in [1.82, 2.24) is 0 Å². The molecule has 0 atom stereocenters. The molecule has 0 aromatic heterocycles. The molecule has 1 heterocycles. The molecule has 1 aliphatic rings. The number of amides is 1. The van der Waals surface area contributed by atoms with E-state index in [2.05, 4.69) is 15.9 Å². The fourth-order valence-electron chi connectivity index (χ4n) is 2.50. The molecule has 0 fully saturated rings. The first-order valence-electron chi connectivity index (χ1n) is 6.25. The molecule has 0 unspecified atom stereocenters. The number of aromatic hydroxyl groups is 1. The number of carbonyl (C=O) groups is 1. The Morgan fingerprint density at radius 1 is 1.30 bits per heavy atom. The molecule has 0 aliphatic carbocycles. The zero-order valence-corrected chi connectivity index (χ0v) is 12.2. The van der Waals surface area contributed by atoms with Gasteiger partial charge in [0.25, 0.3) is 5.91 Å². The van der Waals surface area contributed by atoms with Crippen molar-refractivity contribution < 1.29 is 9.90 Å². The molecule has 20 heavy (non-hydrogen) atoms. The van der Waals surface area contributed by atoms with E-state index < -0.39 is 0 Å². The maximum absolute atomic E-state index is 12.6. The van der Waals surface area contributed by atoms with E-state index in [0.29, 0.717) is 17.8 Å². The third-order valence-corrected chi connectivity index (χ3v) is 3.99. The van der Waals surface area contributed by atoms with E-state index in [1.807, 2.05) is 18.2 Å². The van der Waals surface area contributed by atoms with Gasteiger partial charge in [-0.3, -0.25) is 4.79 Å². The summed E-state index contributed by atoms with van der Waals surface area (Å²) in [6.07, 6.45) is 0.741. The van der Waals surface area contributed by atoms with Crippen molar-refractivity contribution in [3.05, 3.63) is 52.0 Å². The third kappa shape index (κ3) is 2.04. The number of carbonyl (C=O) groups excluding carboxylic acids is 1. The van der Waals surface area contributed by atoms with Crippen molar-refractivity contribution in [2.24, 2.45) is 0 Å². The number of nitrogens with zero attached hydrogens (tertiary/aromatic N) is 1. The largest absolute Gasteiger partial charge is 0.507 e. The molecule has 0 radical (unpaired) electrons. The van der Waals surface area contributed by atoms with Gasteiger partial charge in [-0.2, -0.15) is 0 Å². The molecule has 2 aromatic rings. The molecule has 3 rings (SSSR count). The minimum absolute atomic E-state index is 0.0262. The van der Waals surface area contributed by atoms with E-state index in [9.17, 15) is 9.90 Å². The number of benzene rings is 2. The van der Waals surface area contributed by atoms with Crippen LogP contribution in [0.15, 0.2) is 40.9 Å². The van der Waals surface area contributed by atoms with Crippen LogP contribution in [0.2, 0.25) is 0 Å². The first-order chi connectivity index (χ1) is 9.58. The number of phenolic OH excluding ortho intramolecular Hbond substituents is 1. The molecule has 0 bridgehead atoms. The molecular weight excluding hydrogens is 320 g/mol. The molecule has 0 spiro atoms. The molecule has 0 saturated carbocycles. The van der Waals surface area contributed by atoms with E-state index >= 15 is 0 Å². The summed E-state index contributed by atoms with van der Waals surface area (Å²) in [6, 6.07) is 10.4. The summed E-state index contributed by atoms with van der Waals surface area (Å²) in [6.45, 7) is 0.581. The van der Waals surface area contributed by atoms with Gasteiger partial charge >= 0.3 is 0 Å². The Hall–Kier alpha value is -2.01. The van der Waals surface area contributed by atoms with Gasteiger partial charge in [0.2, 0.25) is 0 Å². The Morgan fingerprint density at radius 3 is 2.85 bits per heavy atom. The molecule has 5 heteroatoms. The van der Waals surface area contributed by atoms with Crippen molar-refractivity contribution in [2.75, 3.05) is 17.2 Å². The van der Waals surface area contributed by atoms with E-state index in [4.69, 9.17) is 5.73 Å². The summed E-state index contributed by atoms with van der Waals surface area (Å²) in [5.74, 6) is -0.235. The number of halogens is 1. The predicted octanol–water partition coefficient (Wildman–Crippen LogP) is 2.94. The lowest BCUT2D eigenvalue weighted by Gasteiger charge is -2.18. The standard InChI is InChI=1S/C15H13BrN2O2/c16-9-4-5-11(14(19)8-9)15(20)18-7-6-10-12(17)2-1-3-13(10)18/h1-5,8,19H,6-7,17H2. The van der Waals surface area contributed by atoms with E-state index in [1.54, 1.807) is 17.0 Å². The maximum Gasteiger partial charge on any atom is 0.262 e. The Morgan fingerprint density at radius 2 is 2.10 bits per heavy atom. The number of anilines is 2. The molecule has 102 valence electrons. The summed E-state index contributed by atoms with van der Waals surface area (Å²) < 4.78 is 0.734. The Balaban J connectivity index is 2.00. The lowest BCUT2D eigenvalue weighted by Crippen LogP contribution is -2.28. The minimum atomic E-state index is -0.209. The van der Waals surface area contributed by atoms with Gasteiger partial charge in [-0.15, -0.1) is 0 Å². The van der Waals surface area contributed by atoms with Crippen LogP contribution in [0.5, 0.6) is 5.75 Å². The van der Waals surface area contributed by atoms with Crippen LogP contribution in [-0.2, 0) is 6.42 Å². The first kappa shape index (κ1) is 13.0. The van der Waals surface area contributed by atoms with Crippen LogP contribution < -0.4 is 10.6 Å². The number of hydrogen-bond acceptors (Lipinski definition) is 3. The van der Waals surface area contributed by atoms with Crippen molar-refractivity contribution in [2.45, 2.75) is 6.42 Å². The SMILES string of the molecule is Nc1cccc2c1CCN2C(=O)c1ccc(Br)cc1O. The van der Waals surface area contributed by atoms with Crippen molar-refractivity contribution in [3.63, 3.8) is 0 Å². The average molecular weight is 333 g/mol. The molecule has 0 saturated heterocycles. The quantitative estimate of drug-likeness (QED) is 0.789. The van der Waals surface area contributed by atoms with Crippen LogP contribution in [0.25, 0.3) is 0 Å². The second-order valence-electron chi connectivity index (χ2n) is 4.71. The average Bonchev–Trinajstić information content (AvgIpc) is 2.83. The molecule has 2 aromatic carbocycles. The van der Waals surface area contributed by atoms with E-state index in [0.717, 1.165) is 22.1 Å². The van der Waals surface area contributed by atoms with Crippen LogP contribution in [0.1, 0.15) is 15.9 Å². The lowest BCUT2D eigenvalue weighted by atomic mass is 10.1. The second-order valence-corrected chi connectivity index (χ2v) is 5.63. The highest BCUT2D eigenvalue weighted by molar-refractivity contribution is 9.10. The number of nitrogen functional groups attached to an aromatic ring is 1. The van der Waals surface area contributed by atoms with E-state index in [1.165, 1.54) is 6.07 Å². The van der Waals surface area contributed by atoms with Crippen LogP contribution >= 0.6 is 15.9 Å². The van der Waals surface area contributed by atoms with Gasteiger partial charge in [-0.05, 0) is 36.8 Å². The predicted molar refractivity (Wildman–Crippen MR) is 82.0 cm³/mol. The van der Waals surface area contributed by atoms with Gasteiger partial charge in [-0.25, -0.2) is 0 Å². The molecular formula is C15H13BrN2O2. The Kier molecular flexibility index (Phi) is 3.14. The summed E-state index contributed by atoms with van der Waals surface area (Å²) >= 11 is 3.26. The molecule has 1 aliphatic heterocycles. The zero-order chi connectivity index (χ0) is 14.3. The molecule has 4 nitrogen and oxygen atoms in total. The summed E-state index contributed by atoms with van der Waals surface area (Å²) in [7, 11) is 0. The number of rotatable bonds is 1. The van der Waals surface area contributed by atoms with Gasteiger partial charge in [0.05, 0.1) is 5.56 Å². The van der Waals surface area contributed by atoms with Crippen molar-refractivity contribution in [3.8, 4) is 5.75 Å². The van der Waals surface area contributed by atoms with Gasteiger partial charge < -0.3 is 15.7 Å². The van der Waals surface area contributed by atoms with Crippen LogP contribution in [0.3, 0.4) is 0 Å². The van der Waals surface area contributed by atoms with Crippen molar-refractivity contribution >= 4 is 33.2 Å². The highest BCUT2D eigenvalue weighted by atomic mass is 79.9. The molecule has 3 N–H and O–H groups in total. The highest BCUT2D eigenvalue weighted by Gasteiger charge is 2.28. The Bertz CT molecular complexity index is 700. The monoisotopic (exact) mass is 332 g/mol. The zero-order valence-electron chi connectivity index (χ0n) is 10.6. The van der Waals surface area contributed by atoms with Gasteiger partial charge in [0.15, 0.2) is 0 Å². The summed E-state index contributed by atoms with van der Waals surface area (Å²) in [4.78, 5) is 14.2. The fourth-order valence-corrected chi connectivity index (χ4v) is 2.85. The fraction of sp³-hybridized carbons (Fsp3) is 0.133. The normalized spacial score (nSPS) is 13.3. The highest BCUT2D eigenvalue weighted by Crippen LogP contribution is 2.34. The summed E-state index contributed by atoms with van der Waals surface area (Å²) in [5.41, 5.74) is 8.76. The number of fused-ring (bicyclic) bond motifs is 1. The number of hydrogen-bond donors (Lipinski definition) is 2. The maximum atomic E-state index is 12.6. The van der Waals surface area contributed by atoms with E-state index in [-0.39, 0.29) is 11.7 Å². The Labute approximate surface area is 125 Å². The van der Waals surface area contributed by atoms with Crippen LogP contribution in [-0.4, -0.2) is 17.6 Å². The second kappa shape index (κ2) is 4.83. The number of phenols is 1. The topological polar surface area (TPSA) is 66.6 Å². The number of nitrogens with two attached hydrogens (primary N) is 1. The van der Waals surface area contributed by atoms with Crippen molar-refractivity contribution in [1.29, 1.82) is 0 Å². The first-order valence-corrected chi connectivity index (χ1v) is 7.05. The lowest BCUT2D eigenvalue weighted by molar-refractivity contribution is 0.0987. The van der Waals surface area contributed by atoms with Gasteiger partial charge in [-0.1, -0.05) is 22.0 Å². The van der Waals surface area contributed by atoms with Crippen LogP contribution in [0, 0.1) is 0 Å². The minimum Gasteiger partial charge on any atom is -0.507 e. The third-order valence-electron chi connectivity index (χ3n) is 3.50. The molecule has 1 amide bonds. The van der Waals surface area contributed by atoms with Gasteiger partial charge in [0.1, 0.15) is 5.75 Å². The van der Waals surface area contributed by atoms with Crippen LogP contribution in [0.4, 0.5) is 11.4 Å². The smallest absolute Gasteiger partial charge is 0.262 e.